The first kappa shape index (κ1) is 23.1. The zero-order valence-electron chi connectivity index (χ0n) is 15.3. The summed E-state index contributed by atoms with van der Waals surface area (Å²) in [6.07, 6.45) is -2.18. The molecule has 0 fully saturated rings. The van der Waals surface area contributed by atoms with Crippen molar-refractivity contribution in [2.75, 3.05) is 37.3 Å². The zero-order chi connectivity index (χ0) is 20.8. The molecule has 1 aliphatic heterocycles. The van der Waals surface area contributed by atoms with Crippen molar-refractivity contribution in [1.29, 1.82) is 0 Å². The van der Waals surface area contributed by atoms with E-state index in [-0.39, 0.29) is 5.75 Å². The van der Waals surface area contributed by atoms with Crippen LogP contribution in [-0.2, 0) is 27.7 Å². The molecule has 0 unspecified atom stereocenters. The molecule has 1 aliphatic rings. The highest BCUT2D eigenvalue weighted by Gasteiger charge is 2.38. The van der Waals surface area contributed by atoms with Crippen LogP contribution in [0.4, 0.5) is 19.0 Å². The molecule has 12 heteroatoms. The van der Waals surface area contributed by atoms with E-state index in [4.69, 9.17) is 9.90 Å². The van der Waals surface area contributed by atoms with Crippen molar-refractivity contribution in [3.05, 3.63) is 17.6 Å². The molecular formula is C15H23F3N4O4S. The number of halogens is 3. The van der Waals surface area contributed by atoms with Crippen LogP contribution >= 0.6 is 0 Å². The molecule has 0 bridgehead atoms. The Morgan fingerprint density at radius 1 is 1.26 bits per heavy atom. The van der Waals surface area contributed by atoms with Gasteiger partial charge in [-0.15, -0.1) is 0 Å². The van der Waals surface area contributed by atoms with Gasteiger partial charge in [-0.2, -0.15) is 13.2 Å². The van der Waals surface area contributed by atoms with Crippen LogP contribution < -0.4 is 4.90 Å². The van der Waals surface area contributed by atoms with Gasteiger partial charge in [0.25, 0.3) is 0 Å². The topological polar surface area (TPSA) is 104 Å². The summed E-state index contributed by atoms with van der Waals surface area (Å²) in [5, 5.41) is 7.12. The van der Waals surface area contributed by atoms with Crippen LogP contribution in [0.25, 0.3) is 0 Å². The lowest BCUT2D eigenvalue weighted by Gasteiger charge is -2.20. The number of hydrogen-bond donors (Lipinski definition) is 1. The SMILES string of the molecule is CCN(C)c1ncnc2c1CCN(S(=O)(=O)CC)CC2.O=C(O)C(F)(F)F. The lowest BCUT2D eigenvalue weighted by Crippen LogP contribution is -2.34. The first-order valence-corrected chi connectivity index (χ1v) is 9.86. The monoisotopic (exact) mass is 412 g/mol. The molecule has 0 amide bonds. The van der Waals surface area contributed by atoms with Crippen molar-refractivity contribution in [2.45, 2.75) is 32.9 Å². The van der Waals surface area contributed by atoms with E-state index in [1.807, 2.05) is 7.05 Å². The maximum atomic E-state index is 12.0. The van der Waals surface area contributed by atoms with E-state index in [0.29, 0.717) is 25.9 Å². The lowest BCUT2D eigenvalue weighted by molar-refractivity contribution is -0.192. The van der Waals surface area contributed by atoms with E-state index >= 15 is 0 Å². The van der Waals surface area contributed by atoms with Crippen LogP contribution in [0.2, 0.25) is 0 Å². The number of carboxylic acids is 1. The fraction of sp³-hybridized carbons (Fsp3) is 0.667. The number of rotatable bonds is 4. The van der Waals surface area contributed by atoms with E-state index in [9.17, 15) is 21.6 Å². The van der Waals surface area contributed by atoms with Gasteiger partial charge in [0.2, 0.25) is 10.0 Å². The van der Waals surface area contributed by atoms with Crippen LogP contribution in [0.1, 0.15) is 25.1 Å². The molecule has 1 N–H and O–H groups in total. The van der Waals surface area contributed by atoms with Crippen molar-refractivity contribution in [2.24, 2.45) is 0 Å². The number of alkyl halides is 3. The Bertz CT molecular complexity index is 756. The minimum absolute atomic E-state index is 0.150. The van der Waals surface area contributed by atoms with Crippen molar-refractivity contribution in [3.63, 3.8) is 0 Å². The average molecular weight is 412 g/mol. The molecule has 0 radical (unpaired) electrons. The van der Waals surface area contributed by atoms with Crippen molar-refractivity contribution < 1.29 is 31.5 Å². The largest absolute Gasteiger partial charge is 0.490 e. The highest BCUT2D eigenvalue weighted by Crippen LogP contribution is 2.23. The molecule has 2 heterocycles. The van der Waals surface area contributed by atoms with Gasteiger partial charge in [0.05, 0.1) is 11.4 Å². The zero-order valence-corrected chi connectivity index (χ0v) is 16.1. The highest BCUT2D eigenvalue weighted by atomic mass is 32.2. The highest BCUT2D eigenvalue weighted by molar-refractivity contribution is 7.89. The normalized spacial score (nSPS) is 15.2. The number of nitrogens with zero attached hydrogens (tertiary/aromatic N) is 4. The second kappa shape index (κ2) is 9.31. The fourth-order valence-electron chi connectivity index (χ4n) is 2.43. The van der Waals surface area contributed by atoms with Gasteiger partial charge in [0, 0.05) is 38.7 Å². The molecule has 0 saturated carbocycles. The predicted octanol–water partition coefficient (Wildman–Crippen LogP) is 1.32. The van der Waals surface area contributed by atoms with Gasteiger partial charge < -0.3 is 10.0 Å². The Balaban J connectivity index is 0.000000445. The smallest absolute Gasteiger partial charge is 0.475 e. The van der Waals surface area contributed by atoms with Crippen LogP contribution in [0.5, 0.6) is 0 Å². The molecule has 0 atom stereocenters. The third kappa shape index (κ3) is 6.31. The summed E-state index contributed by atoms with van der Waals surface area (Å²) in [7, 11) is -1.14. The van der Waals surface area contributed by atoms with E-state index in [2.05, 4.69) is 21.8 Å². The number of fused-ring (bicyclic) bond motifs is 1. The third-order valence-electron chi connectivity index (χ3n) is 4.06. The van der Waals surface area contributed by atoms with Crippen molar-refractivity contribution in [1.82, 2.24) is 14.3 Å². The summed E-state index contributed by atoms with van der Waals surface area (Å²) in [4.78, 5) is 19.7. The molecular weight excluding hydrogens is 389 g/mol. The standard InChI is InChI=1S/C13H22N4O2S.C2HF3O2/c1-4-16(3)13-11-6-8-17(20(18,19)5-2)9-7-12(11)14-10-15-13;3-2(4,5)1(6)7/h10H,4-9H2,1-3H3;(H,6,7). The molecule has 1 aromatic rings. The Morgan fingerprint density at radius 2 is 1.81 bits per heavy atom. The summed E-state index contributed by atoms with van der Waals surface area (Å²) < 4.78 is 57.3. The molecule has 8 nitrogen and oxygen atoms in total. The van der Waals surface area contributed by atoms with Crippen molar-refractivity contribution in [3.8, 4) is 0 Å². The number of aromatic nitrogens is 2. The fourth-order valence-corrected chi connectivity index (χ4v) is 3.53. The first-order valence-electron chi connectivity index (χ1n) is 8.25. The molecule has 0 saturated heterocycles. The third-order valence-corrected chi connectivity index (χ3v) is 5.94. The van der Waals surface area contributed by atoms with E-state index in [1.54, 1.807) is 17.6 Å². The Hall–Kier alpha value is -1.95. The number of hydrogen-bond acceptors (Lipinski definition) is 6. The average Bonchev–Trinajstić information content (AvgIpc) is 2.83. The number of anilines is 1. The molecule has 0 spiro atoms. The maximum absolute atomic E-state index is 12.0. The molecule has 0 aromatic carbocycles. The van der Waals surface area contributed by atoms with E-state index in [1.165, 1.54) is 0 Å². The first-order chi connectivity index (χ1) is 12.4. The van der Waals surface area contributed by atoms with Gasteiger partial charge in [-0.05, 0) is 20.3 Å². The van der Waals surface area contributed by atoms with E-state index in [0.717, 1.165) is 23.6 Å². The molecule has 2 rings (SSSR count). The van der Waals surface area contributed by atoms with Crippen LogP contribution in [0.15, 0.2) is 6.33 Å². The summed E-state index contributed by atoms with van der Waals surface area (Å²) >= 11 is 0. The molecule has 1 aromatic heterocycles. The van der Waals surface area contributed by atoms with Crippen LogP contribution in [0.3, 0.4) is 0 Å². The van der Waals surface area contributed by atoms with Crippen molar-refractivity contribution >= 4 is 21.8 Å². The number of sulfonamides is 1. The van der Waals surface area contributed by atoms with Gasteiger partial charge in [0.1, 0.15) is 12.1 Å². The molecule has 154 valence electrons. The van der Waals surface area contributed by atoms with Crippen LogP contribution in [-0.4, -0.2) is 72.4 Å². The quantitative estimate of drug-likeness (QED) is 0.795. The molecule has 0 aliphatic carbocycles. The van der Waals surface area contributed by atoms with Crippen LogP contribution in [0, 0.1) is 0 Å². The van der Waals surface area contributed by atoms with E-state index < -0.39 is 22.2 Å². The Morgan fingerprint density at radius 3 is 2.30 bits per heavy atom. The summed E-state index contributed by atoms with van der Waals surface area (Å²) in [5.74, 6) is -1.68. The Kier molecular flexibility index (Phi) is 7.96. The minimum Gasteiger partial charge on any atom is -0.475 e. The summed E-state index contributed by atoms with van der Waals surface area (Å²) in [6.45, 7) is 5.64. The van der Waals surface area contributed by atoms with Gasteiger partial charge in [-0.25, -0.2) is 27.5 Å². The number of carbonyl (C=O) groups is 1. The molecule has 27 heavy (non-hydrogen) atoms. The summed E-state index contributed by atoms with van der Waals surface area (Å²) in [6, 6.07) is 0. The van der Waals surface area contributed by atoms with Gasteiger partial charge in [-0.1, -0.05) is 0 Å². The maximum Gasteiger partial charge on any atom is 0.490 e. The second-order valence-corrected chi connectivity index (χ2v) is 8.00. The number of aliphatic carboxylic acids is 1. The lowest BCUT2D eigenvalue weighted by atomic mass is 10.1. The van der Waals surface area contributed by atoms with Gasteiger partial charge in [-0.3, -0.25) is 0 Å². The Labute approximate surface area is 156 Å². The minimum atomic E-state index is -5.08. The number of carboxylic acid groups (broad SMARTS) is 1. The predicted molar refractivity (Wildman–Crippen MR) is 93.1 cm³/mol. The second-order valence-electron chi connectivity index (χ2n) is 5.74. The summed E-state index contributed by atoms with van der Waals surface area (Å²) in [5.41, 5.74) is 2.06. The van der Waals surface area contributed by atoms with Gasteiger partial charge >= 0.3 is 12.1 Å². The van der Waals surface area contributed by atoms with Gasteiger partial charge in [0.15, 0.2) is 0 Å².